The molecule has 1 saturated heterocycles. The van der Waals surface area contributed by atoms with Gasteiger partial charge in [0.15, 0.2) is 0 Å². The van der Waals surface area contributed by atoms with Gasteiger partial charge in [0.05, 0.1) is 24.4 Å². The van der Waals surface area contributed by atoms with Gasteiger partial charge in [0.2, 0.25) is 0 Å². The number of hydrogen-bond donors (Lipinski definition) is 2. The molecule has 1 fully saturated rings. The molecule has 1 aromatic heterocycles. The molecule has 0 aliphatic carbocycles. The third-order valence-electron chi connectivity index (χ3n) is 5.05. The molecule has 0 unspecified atom stereocenters. The summed E-state index contributed by atoms with van der Waals surface area (Å²) < 4.78 is 32.4. The minimum atomic E-state index is -0.808. The van der Waals surface area contributed by atoms with E-state index in [1.807, 2.05) is 0 Å². The normalized spacial score (nSPS) is 18.2. The number of carbonyl (C=O) groups excluding carboxylic acids is 3. The van der Waals surface area contributed by atoms with Crippen molar-refractivity contribution in [2.24, 2.45) is 11.7 Å². The molecule has 0 bridgehead atoms. The summed E-state index contributed by atoms with van der Waals surface area (Å²) in [4.78, 5) is 41.6. The molecule has 8 nitrogen and oxygen atoms in total. The van der Waals surface area contributed by atoms with Gasteiger partial charge in [-0.25, -0.2) is 18.6 Å². The molecule has 1 aliphatic heterocycles. The number of nitrogens with zero attached hydrogens (tertiary/aromatic N) is 2. The highest BCUT2D eigenvalue weighted by Crippen LogP contribution is 2.35. The Morgan fingerprint density at radius 3 is 2.53 bits per heavy atom. The van der Waals surface area contributed by atoms with E-state index in [0.29, 0.717) is 11.4 Å². The minimum Gasteiger partial charge on any atom is -0.469 e. The zero-order chi connectivity index (χ0) is 22.0. The van der Waals surface area contributed by atoms with Crippen LogP contribution in [0.15, 0.2) is 30.3 Å². The number of benzene rings is 1. The Kier molecular flexibility index (Phi) is 5.95. The molecule has 1 aliphatic rings. The van der Waals surface area contributed by atoms with Crippen LogP contribution in [0.25, 0.3) is 0 Å². The molecule has 3 rings (SSSR count). The van der Waals surface area contributed by atoms with Gasteiger partial charge in [-0.1, -0.05) is 6.07 Å². The third kappa shape index (κ3) is 4.22. The van der Waals surface area contributed by atoms with Crippen LogP contribution in [0.1, 0.15) is 27.7 Å². The number of amides is 3. The number of likely N-dealkylation sites (tertiary alicyclic amines) is 1. The van der Waals surface area contributed by atoms with Crippen molar-refractivity contribution in [2.45, 2.75) is 12.8 Å². The number of anilines is 1. The Morgan fingerprint density at radius 2 is 1.93 bits per heavy atom. The number of halogens is 2. The number of nitrogens with one attached hydrogen (secondary N) is 1. The lowest BCUT2D eigenvalue weighted by molar-refractivity contribution is -0.145. The average molecular weight is 418 g/mol. The maximum absolute atomic E-state index is 14.3. The Morgan fingerprint density at radius 1 is 1.20 bits per heavy atom. The zero-order valence-electron chi connectivity index (χ0n) is 16.3. The largest absolute Gasteiger partial charge is 0.469 e. The summed E-state index contributed by atoms with van der Waals surface area (Å²) in [6, 6.07) is 5.44. The van der Waals surface area contributed by atoms with Gasteiger partial charge in [0.25, 0.3) is 5.91 Å². The lowest BCUT2D eigenvalue weighted by Crippen LogP contribution is -2.34. The smallest absolute Gasteiger partial charge is 0.321 e. The van der Waals surface area contributed by atoms with Crippen molar-refractivity contribution in [2.75, 3.05) is 25.5 Å². The van der Waals surface area contributed by atoms with E-state index in [-0.39, 0.29) is 24.3 Å². The Balaban J connectivity index is 1.82. The lowest BCUT2D eigenvalue weighted by atomic mass is 9.88. The number of pyridine rings is 1. The maximum Gasteiger partial charge on any atom is 0.321 e. The van der Waals surface area contributed by atoms with Crippen LogP contribution < -0.4 is 11.1 Å². The summed E-state index contributed by atoms with van der Waals surface area (Å²) in [6.07, 6.45) is 0. The minimum absolute atomic E-state index is 0.00810. The molecule has 2 heterocycles. The van der Waals surface area contributed by atoms with Gasteiger partial charge in [-0.15, -0.1) is 0 Å². The van der Waals surface area contributed by atoms with Crippen molar-refractivity contribution >= 4 is 23.6 Å². The monoisotopic (exact) mass is 418 g/mol. The molecule has 10 heteroatoms. The number of nitrogens with two attached hydrogens (primary N) is 1. The molecule has 3 N–H and O–H groups in total. The zero-order valence-corrected chi connectivity index (χ0v) is 16.3. The van der Waals surface area contributed by atoms with Crippen LogP contribution in [0, 0.1) is 24.5 Å². The predicted molar refractivity (Wildman–Crippen MR) is 103 cm³/mol. The van der Waals surface area contributed by atoms with Crippen LogP contribution in [-0.2, 0) is 9.53 Å². The first kappa shape index (κ1) is 21.2. The number of aryl methyl sites for hydroxylation is 1. The second kappa shape index (κ2) is 8.44. The van der Waals surface area contributed by atoms with E-state index in [2.05, 4.69) is 10.3 Å². The fourth-order valence-corrected chi connectivity index (χ4v) is 3.50. The van der Waals surface area contributed by atoms with Gasteiger partial charge in [0, 0.05) is 25.1 Å². The topological polar surface area (TPSA) is 115 Å². The molecule has 0 spiro atoms. The number of ether oxygens (including phenoxy) is 1. The molecular weight excluding hydrogens is 398 g/mol. The summed E-state index contributed by atoms with van der Waals surface area (Å²) in [5, 5.41) is 2.66. The molecule has 2 aromatic rings. The molecule has 0 saturated carbocycles. The van der Waals surface area contributed by atoms with E-state index < -0.39 is 41.4 Å². The lowest BCUT2D eigenvalue weighted by Gasteiger charge is -2.18. The summed E-state index contributed by atoms with van der Waals surface area (Å²) in [5.74, 6) is -4.32. The number of rotatable bonds is 4. The molecule has 1 aromatic carbocycles. The van der Waals surface area contributed by atoms with Crippen molar-refractivity contribution < 1.29 is 27.9 Å². The van der Waals surface area contributed by atoms with E-state index >= 15 is 0 Å². The molecular formula is C20H20F2N4O4. The molecule has 30 heavy (non-hydrogen) atoms. The molecule has 2 atom stereocenters. The first-order valence-electron chi connectivity index (χ1n) is 9.07. The van der Waals surface area contributed by atoms with Gasteiger partial charge >= 0.3 is 12.0 Å². The third-order valence-corrected chi connectivity index (χ3v) is 5.05. The molecule has 3 amide bonds. The number of hydrogen-bond acceptors (Lipinski definition) is 5. The van der Waals surface area contributed by atoms with Gasteiger partial charge in [-0.2, -0.15) is 0 Å². The van der Waals surface area contributed by atoms with E-state index in [4.69, 9.17) is 10.5 Å². The van der Waals surface area contributed by atoms with Crippen molar-refractivity contribution in [3.63, 3.8) is 0 Å². The first-order valence-corrected chi connectivity index (χ1v) is 9.07. The second-order valence-corrected chi connectivity index (χ2v) is 6.93. The van der Waals surface area contributed by atoms with Crippen molar-refractivity contribution in [1.82, 2.24) is 9.88 Å². The van der Waals surface area contributed by atoms with Crippen LogP contribution in [0.5, 0.6) is 0 Å². The average Bonchev–Trinajstić information content (AvgIpc) is 3.14. The fraction of sp³-hybridized carbons (Fsp3) is 0.300. The van der Waals surface area contributed by atoms with Gasteiger partial charge in [0.1, 0.15) is 17.3 Å². The number of aromatic nitrogens is 1. The second-order valence-electron chi connectivity index (χ2n) is 6.93. The number of carbonyl (C=O) groups is 3. The Hall–Kier alpha value is -3.56. The molecule has 0 radical (unpaired) electrons. The highest BCUT2D eigenvalue weighted by Gasteiger charge is 2.42. The molecule has 158 valence electrons. The van der Waals surface area contributed by atoms with Crippen LogP contribution in [0.4, 0.5) is 19.3 Å². The number of esters is 1. The summed E-state index contributed by atoms with van der Waals surface area (Å²) in [5.41, 5.74) is 6.11. The van der Waals surface area contributed by atoms with Crippen molar-refractivity contribution in [3.8, 4) is 0 Å². The fourth-order valence-electron chi connectivity index (χ4n) is 3.50. The number of methoxy groups -OCH3 is 1. The van der Waals surface area contributed by atoms with Gasteiger partial charge < -0.3 is 20.7 Å². The van der Waals surface area contributed by atoms with Crippen molar-refractivity contribution in [1.29, 1.82) is 0 Å². The number of primary amides is 1. The van der Waals surface area contributed by atoms with E-state index in [9.17, 15) is 23.2 Å². The summed E-state index contributed by atoms with van der Waals surface area (Å²) in [7, 11) is 1.21. The summed E-state index contributed by atoms with van der Waals surface area (Å²) in [6.45, 7) is 1.62. The van der Waals surface area contributed by atoms with E-state index in [1.54, 1.807) is 6.92 Å². The quantitative estimate of drug-likeness (QED) is 0.739. The Bertz CT molecular complexity index is 1010. The highest BCUT2D eigenvalue weighted by atomic mass is 19.1. The van der Waals surface area contributed by atoms with Crippen LogP contribution in [0.3, 0.4) is 0 Å². The maximum atomic E-state index is 14.3. The van der Waals surface area contributed by atoms with E-state index in [0.717, 1.165) is 12.1 Å². The van der Waals surface area contributed by atoms with Crippen molar-refractivity contribution in [3.05, 3.63) is 58.9 Å². The van der Waals surface area contributed by atoms with E-state index in [1.165, 1.54) is 30.2 Å². The van der Waals surface area contributed by atoms with Crippen LogP contribution >= 0.6 is 0 Å². The predicted octanol–water partition coefficient (Wildman–Crippen LogP) is 2.19. The van der Waals surface area contributed by atoms with Crippen LogP contribution in [0.2, 0.25) is 0 Å². The number of urea groups is 1. The summed E-state index contributed by atoms with van der Waals surface area (Å²) >= 11 is 0. The Labute approximate surface area is 171 Å². The van der Waals surface area contributed by atoms with Gasteiger partial charge in [-0.05, 0) is 30.7 Å². The first-order chi connectivity index (χ1) is 14.2. The van der Waals surface area contributed by atoms with Gasteiger partial charge in [-0.3, -0.25) is 9.59 Å². The SMILES string of the molecule is COC(=O)[C@@H]1CN(C(=O)Nc2ccc(C(N)=O)nc2C)C[C@H]1c1ccc(F)cc1F. The highest BCUT2D eigenvalue weighted by molar-refractivity contribution is 5.93. The standard InChI is InChI=1S/C20H20F2N4O4/c1-10-16(5-6-17(24-10)18(23)27)25-20(29)26-8-13(14(9-26)19(28)30-2)12-4-3-11(21)7-15(12)22/h3-7,13-14H,8-9H2,1-2H3,(H2,23,27)(H,25,29)/t13-,14+/m0/s1. The van der Waals surface area contributed by atoms with Crippen LogP contribution in [-0.4, -0.2) is 48.0 Å².